The van der Waals surface area contributed by atoms with Crippen LogP contribution in [-0.4, -0.2) is 30.5 Å². The monoisotopic (exact) mass is 327 g/mol. The Morgan fingerprint density at radius 3 is 2.75 bits per heavy atom. The average Bonchev–Trinajstić information content (AvgIpc) is 3.15. The highest BCUT2D eigenvalue weighted by atomic mass is 16.7. The number of hydrogen-bond acceptors (Lipinski definition) is 5. The lowest BCUT2D eigenvalue weighted by Gasteiger charge is -2.19. The lowest BCUT2D eigenvalue weighted by atomic mass is 10.0. The summed E-state index contributed by atoms with van der Waals surface area (Å²) in [6, 6.07) is 12.9. The summed E-state index contributed by atoms with van der Waals surface area (Å²) in [6.45, 7) is 0.814. The minimum atomic E-state index is -0.800. The first kappa shape index (κ1) is 16.4. The number of carbonyl (C=O) groups is 2. The van der Waals surface area contributed by atoms with Gasteiger partial charge in [0.25, 0.3) is 0 Å². The van der Waals surface area contributed by atoms with Crippen LogP contribution >= 0.6 is 0 Å². The van der Waals surface area contributed by atoms with Crippen molar-refractivity contribution in [1.29, 1.82) is 0 Å². The van der Waals surface area contributed by atoms with Gasteiger partial charge in [0.2, 0.25) is 5.91 Å². The second-order valence-electron chi connectivity index (χ2n) is 6.03. The molecular formula is C18H21N3O3. The van der Waals surface area contributed by atoms with Gasteiger partial charge in [-0.05, 0) is 35.7 Å². The number of carbonyl (C=O) groups excluding carboxylic acids is 2. The molecule has 0 saturated carbocycles. The van der Waals surface area contributed by atoms with Crippen LogP contribution in [0.1, 0.15) is 18.4 Å². The number of benzene rings is 2. The van der Waals surface area contributed by atoms with Gasteiger partial charge in [-0.25, -0.2) is 4.79 Å². The third-order valence-corrected chi connectivity index (χ3v) is 4.35. The molecule has 4 N–H and O–H groups in total. The van der Waals surface area contributed by atoms with Gasteiger partial charge in [0.15, 0.2) is 0 Å². The number of amides is 1. The van der Waals surface area contributed by atoms with E-state index in [9.17, 15) is 9.59 Å². The van der Waals surface area contributed by atoms with E-state index in [1.165, 1.54) is 0 Å². The van der Waals surface area contributed by atoms with E-state index in [1.54, 1.807) is 0 Å². The smallest absolute Gasteiger partial charge is 0.347 e. The predicted molar refractivity (Wildman–Crippen MR) is 90.9 cm³/mol. The van der Waals surface area contributed by atoms with Crippen molar-refractivity contribution in [3.63, 3.8) is 0 Å². The first-order chi connectivity index (χ1) is 11.7. The van der Waals surface area contributed by atoms with Crippen LogP contribution in [0.4, 0.5) is 0 Å². The van der Waals surface area contributed by atoms with Crippen LogP contribution in [-0.2, 0) is 20.8 Å². The minimum Gasteiger partial charge on any atom is -0.372 e. The molecule has 1 fully saturated rings. The number of nitrogens with one attached hydrogen (secondary N) is 2. The zero-order valence-corrected chi connectivity index (χ0v) is 13.3. The molecule has 1 aliphatic rings. The van der Waals surface area contributed by atoms with Gasteiger partial charge in [0.1, 0.15) is 6.04 Å². The molecule has 6 nitrogen and oxygen atoms in total. The van der Waals surface area contributed by atoms with E-state index in [4.69, 9.17) is 5.90 Å². The van der Waals surface area contributed by atoms with Crippen LogP contribution in [0.2, 0.25) is 0 Å². The molecule has 0 aromatic heterocycles. The molecule has 0 spiro atoms. The first-order valence-corrected chi connectivity index (χ1v) is 8.09. The molecule has 1 amide bonds. The average molecular weight is 327 g/mol. The van der Waals surface area contributed by atoms with Crippen LogP contribution in [0.3, 0.4) is 0 Å². The van der Waals surface area contributed by atoms with Crippen LogP contribution in [0.25, 0.3) is 10.8 Å². The van der Waals surface area contributed by atoms with Crippen LogP contribution in [0.15, 0.2) is 42.5 Å². The van der Waals surface area contributed by atoms with E-state index in [-0.39, 0.29) is 11.9 Å². The van der Waals surface area contributed by atoms with Gasteiger partial charge in [-0.2, -0.15) is 5.90 Å². The Balaban J connectivity index is 1.75. The molecule has 6 heteroatoms. The first-order valence-electron chi connectivity index (χ1n) is 8.09. The summed E-state index contributed by atoms with van der Waals surface area (Å²) in [5.41, 5.74) is 0.934. The lowest BCUT2D eigenvalue weighted by molar-refractivity contribution is -0.148. The van der Waals surface area contributed by atoms with Crippen molar-refractivity contribution in [3.8, 4) is 0 Å². The van der Waals surface area contributed by atoms with E-state index in [1.807, 2.05) is 42.5 Å². The summed E-state index contributed by atoms with van der Waals surface area (Å²) in [4.78, 5) is 28.6. The molecule has 1 aliphatic heterocycles. The zero-order valence-electron chi connectivity index (χ0n) is 13.3. The van der Waals surface area contributed by atoms with Gasteiger partial charge < -0.3 is 15.5 Å². The van der Waals surface area contributed by atoms with E-state index < -0.39 is 12.0 Å². The Bertz CT molecular complexity index is 741. The van der Waals surface area contributed by atoms with Crippen molar-refractivity contribution in [2.24, 2.45) is 5.90 Å². The van der Waals surface area contributed by atoms with Gasteiger partial charge in [-0.3, -0.25) is 4.79 Å². The van der Waals surface area contributed by atoms with Crippen molar-refractivity contribution in [2.75, 3.05) is 6.54 Å². The Morgan fingerprint density at radius 2 is 2.04 bits per heavy atom. The molecule has 3 rings (SSSR count). The molecule has 126 valence electrons. The fourth-order valence-corrected chi connectivity index (χ4v) is 3.06. The van der Waals surface area contributed by atoms with Crippen molar-refractivity contribution >= 4 is 22.6 Å². The fourth-order valence-electron chi connectivity index (χ4n) is 3.06. The molecule has 1 saturated heterocycles. The van der Waals surface area contributed by atoms with E-state index in [2.05, 4.69) is 15.5 Å². The zero-order chi connectivity index (χ0) is 16.9. The van der Waals surface area contributed by atoms with Gasteiger partial charge >= 0.3 is 5.97 Å². The SMILES string of the molecule is NOC(=O)[C@H](Cc1ccc2ccccc2c1)NC(=O)[C@@H]1CCCN1. The van der Waals surface area contributed by atoms with Gasteiger partial charge in [-0.15, -0.1) is 0 Å². The Labute approximate surface area is 140 Å². The maximum atomic E-state index is 12.3. The highest BCUT2D eigenvalue weighted by molar-refractivity contribution is 5.88. The Morgan fingerprint density at radius 1 is 1.25 bits per heavy atom. The van der Waals surface area contributed by atoms with Crippen LogP contribution in [0.5, 0.6) is 0 Å². The number of nitrogens with two attached hydrogens (primary N) is 1. The summed E-state index contributed by atoms with van der Waals surface area (Å²) >= 11 is 0. The normalized spacial score (nSPS) is 18.3. The van der Waals surface area contributed by atoms with Crippen molar-refractivity contribution < 1.29 is 14.4 Å². The standard InChI is InChI=1S/C18H21N3O3/c19-24-18(23)16(21-17(22)15-6-3-9-20-15)11-12-7-8-13-4-1-2-5-14(13)10-12/h1-2,4-5,7-8,10,15-16,20H,3,6,9,11,19H2,(H,21,22)/t15-,16-/m0/s1. The topological polar surface area (TPSA) is 93.4 Å². The number of hydrogen-bond donors (Lipinski definition) is 3. The second kappa shape index (κ2) is 7.42. The maximum absolute atomic E-state index is 12.3. The van der Waals surface area contributed by atoms with Crippen molar-refractivity contribution in [2.45, 2.75) is 31.3 Å². The van der Waals surface area contributed by atoms with Crippen LogP contribution < -0.4 is 16.5 Å². The fraction of sp³-hybridized carbons (Fsp3) is 0.333. The van der Waals surface area contributed by atoms with E-state index in [0.717, 1.165) is 35.7 Å². The maximum Gasteiger partial charge on any atom is 0.347 e. The second-order valence-corrected chi connectivity index (χ2v) is 6.03. The molecule has 0 aliphatic carbocycles. The molecule has 24 heavy (non-hydrogen) atoms. The van der Waals surface area contributed by atoms with Crippen molar-refractivity contribution in [1.82, 2.24) is 10.6 Å². The minimum absolute atomic E-state index is 0.191. The highest BCUT2D eigenvalue weighted by Gasteiger charge is 2.28. The molecular weight excluding hydrogens is 306 g/mol. The quantitative estimate of drug-likeness (QED) is 0.713. The van der Waals surface area contributed by atoms with E-state index >= 15 is 0 Å². The molecule has 0 unspecified atom stereocenters. The Kier molecular flexibility index (Phi) is 5.08. The third kappa shape index (κ3) is 3.72. The summed E-state index contributed by atoms with van der Waals surface area (Å²) in [7, 11) is 0. The Hall–Kier alpha value is -2.44. The largest absolute Gasteiger partial charge is 0.372 e. The van der Waals surface area contributed by atoms with Gasteiger partial charge in [0.05, 0.1) is 6.04 Å². The summed E-state index contributed by atoms with van der Waals surface area (Å²) in [6.07, 6.45) is 2.06. The summed E-state index contributed by atoms with van der Waals surface area (Å²) < 4.78 is 0. The number of fused-ring (bicyclic) bond motifs is 1. The predicted octanol–water partition coefficient (Wildman–Crippen LogP) is 1.04. The van der Waals surface area contributed by atoms with E-state index in [0.29, 0.717) is 6.42 Å². The third-order valence-electron chi connectivity index (χ3n) is 4.35. The molecule has 2 aromatic carbocycles. The number of rotatable bonds is 5. The summed E-state index contributed by atoms with van der Waals surface area (Å²) in [5, 5.41) is 8.07. The molecule has 0 bridgehead atoms. The molecule has 0 radical (unpaired) electrons. The summed E-state index contributed by atoms with van der Waals surface area (Å²) in [5.74, 6) is 4.19. The van der Waals surface area contributed by atoms with Gasteiger partial charge in [-0.1, -0.05) is 42.5 Å². The highest BCUT2D eigenvalue weighted by Crippen LogP contribution is 2.17. The van der Waals surface area contributed by atoms with Gasteiger partial charge in [0, 0.05) is 6.42 Å². The molecule has 1 heterocycles. The van der Waals surface area contributed by atoms with Crippen molar-refractivity contribution in [3.05, 3.63) is 48.0 Å². The molecule has 2 atom stereocenters. The lowest BCUT2D eigenvalue weighted by Crippen LogP contribution is -2.50. The van der Waals surface area contributed by atoms with Crippen LogP contribution in [0, 0.1) is 0 Å². The molecule has 2 aromatic rings.